The van der Waals surface area contributed by atoms with Gasteiger partial charge in [-0.05, 0) is 11.6 Å². The van der Waals surface area contributed by atoms with Gasteiger partial charge in [0.05, 0.1) is 24.7 Å². The Hall–Kier alpha value is -2.81. The molecule has 1 aliphatic heterocycles. The zero-order chi connectivity index (χ0) is 19.4. The Labute approximate surface area is 155 Å². The average Bonchev–Trinajstić information content (AvgIpc) is 3.06. The third kappa shape index (κ3) is 4.88. The summed E-state index contributed by atoms with van der Waals surface area (Å²) in [5.74, 6) is -3.02. The zero-order valence-corrected chi connectivity index (χ0v) is 15.0. The first kappa shape index (κ1) is 19.0. The Kier molecular flexibility index (Phi) is 5.50. The van der Waals surface area contributed by atoms with E-state index in [9.17, 15) is 8.78 Å². The van der Waals surface area contributed by atoms with Crippen LogP contribution in [0.15, 0.2) is 31.4 Å². The lowest BCUT2D eigenvalue weighted by molar-refractivity contribution is -0.0474. The van der Waals surface area contributed by atoms with Gasteiger partial charge in [-0.2, -0.15) is 5.10 Å². The van der Waals surface area contributed by atoms with Crippen molar-refractivity contribution in [1.29, 1.82) is 0 Å². The molecule has 9 heteroatoms. The van der Waals surface area contributed by atoms with Gasteiger partial charge >= 0.3 is 0 Å². The molecule has 1 aliphatic rings. The number of nitrogens with one attached hydrogen (secondary N) is 1. The van der Waals surface area contributed by atoms with Crippen LogP contribution in [-0.4, -0.2) is 45.4 Å². The van der Waals surface area contributed by atoms with Crippen LogP contribution in [0.4, 0.5) is 8.78 Å². The Morgan fingerprint density at radius 2 is 2.26 bits per heavy atom. The van der Waals surface area contributed by atoms with E-state index < -0.39 is 5.92 Å². The zero-order valence-electron chi connectivity index (χ0n) is 15.0. The molecule has 1 unspecified atom stereocenters. The topological polar surface area (TPSA) is 90.9 Å². The second-order valence-corrected chi connectivity index (χ2v) is 6.59. The number of hydrogen-bond acceptors (Lipinski definition) is 6. The molecule has 2 aromatic heterocycles. The molecule has 0 bridgehead atoms. The van der Waals surface area contributed by atoms with Crippen LogP contribution in [0.1, 0.15) is 12.0 Å². The Balaban J connectivity index is 1.81. The van der Waals surface area contributed by atoms with E-state index in [2.05, 4.69) is 27.0 Å². The van der Waals surface area contributed by atoms with Crippen molar-refractivity contribution in [2.75, 3.05) is 19.7 Å². The third-order valence-corrected chi connectivity index (χ3v) is 4.23. The molecule has 1 atom stereocenters. The van der Waals surface area contributed by atoms with Crippen molar-refractivity contribution in [1.82, 2.24) is 25.1 Å². The van der Waals surface area contributed by atoms with Crippen molar-refractivity contribution in [3.05, 3.63) is 47.6 Å². The Morgan fingerprint density at radius 3 is 2.96 bits per heavy atom. The van der Waals surface area contributed by atoms with Crippen molar-refractivity contribution in [3.8, 4) is 0 Å². The van der Waals surface area contributed by atoms with Crippen LogP contribution < -0.4 is 21.7 Å². The maximum absolute atomic E-state index is 13.5. The molecule has 7 nitrogen and oxygen atoms in total. The van der Waals surface area contributed by atoms with Gasteiger partial charge < -0.3 is 15.8 Å². The maximum Gasteiger partial charge on any atom is 0.260 e. The number of aryl methyl sites for hydroxylation is 1. The van der Waals surface area contributed by atoms with Gasteiger partial charge in [0, 0.05) is 50.1 Å². The highest BCUT2D eigenvalue weighted by Crippen LogP contribution is 2.26. The van der Waals surface area contributed by atoms with E-state index in [4.69, 9.17) is 10.5 Å². The maximum atomic E-state index is 13.5. The monoisotopic (exact) mass is 376 g/mol. The van der Waals surface area contributed by atoms with Crippen LogP contribution in [0.3, 0.4) is 0 Å². The van der Waals surface area contributed by atoms with Crippen LogP contribution in [0.5, 0.6) is 0 Å². The second kappa shape index (κ2) is 7.83. The van der Waals surface area contributed by atoms with Gasteiger partial charge in [0.2, 0.25) is 5.88 Å². The van der Waals surface area contributed by atoms with E-state index in [0.29, 0.717) is 22.8 Å². The molecule has 3 N–H and O–H groups in total. The summed E-state index contributed by atoms with van der Waals surface area (Å²) in [5, 5.41) is 7.65. The van der Waals surface area contributed by atoms with Gasteiger partial charge in [-0.1, -0.05) is 6.58 Å². The highest BCUT2D eigenvalue weighted by molar-refractivity contribution is 5.85. The summed E-state index contributed by atoms with van der Waals surface area (Å²) in [5.41, 5.74) is 7.54. The van der Waals surface area contributed by atoms with Gasteiger partial charge in [-0.3, -0.25) is 9.67 Å². The molecule has 0 spiro atoms. The summed E-state index contributed by atoms with van der Waals surface area (Å²) in [6.07, 6.45) is 8.04. The largest absolute Gasteiger partial charge is 0.477 e. The molecular formula is C18H22F2N6O. The molecule has 0 aliphatic carbocycles. The number of ether oxygens (including phenoxy) is 1. The van der Waals surface area contributed by atoms with Crippen LogP contribution in [0, 0.1) is 5.92 Å². The minimum atomic E-state index is -2.73. The molecular weight excluding hydrogens is 354 g/mol. The van der Waals surface area contributed by atoms with Crippen LogP contribution in [0.2, 0.25) is 0 Å². The fraction of sp³-hybridized carbons (Fsp3) is 0.389. The molecule has 1 saturated heterocycles. The number of alkyl halides is 2. The lowest BCUT2D eigenvalue weighted by atomic mass is 9.98. The second-order valence-electron chi connectivity index (χ2n) is 6.59. The SMILES string of the molecule is C=C(/C=c1/nccn/c1=C(/N)OCC1CNCC(F)(F)C1)c1cnn(C)c1. The number of piperidine rings is 1. The number of allylic oxidation sites excluding steroid dienone is 1. The molecule has 3 rings (SSSR count). The minimum absolute atomic E-state index is 0.0437. The van der Waals surface area contributed by atoms with Crippen molar-refractivity contribution in [2.24, 2.45) is 18.7 Å². The van der Waals surface area contributed by atoms with E-state index in [0.717, 1.165) is 5.56 Å². The number of hydrogen-bond donors (Lipinski definition) is 2. The first-order valence-corrected chi connectivity index (χ1v) is 8.52. The van der Waals surface area contributed by atoms with Crippen molar-refractivity contribution in [3.63, 3.8) is 0 Å². The van der Waals surface area contributed by atoms with Crippen molar-refractivity contribution in [2.45, 2.75) is 12.3 Å². The highest BCUT2D eigenvalue weighted by Gasteiger charge is 2.36. The van der Waals surface area contributed by atoms with E-state index in [1.807, 2.05) is 13.2 Å². The minimum Gasteiger partial charge on any atom is -0.477 e. The molecule has 2 aromatic rings. The van der Waals surface area contributed by atoms with E-state index in [-0.39, 0.29) is 31.4 Å². The highest BCUT2D eigenvalue weighted by atomic mass is 19.3. The standard InChI is InChI=1S/C18H22F2N6O/c1-12(14-8-25-26(2)9-14)5-15-16(24-4-3-23-15)17(21)27-10-13-6-18(19,20)11-22-7-13/h3-5,8-9,13,22H,1,6-7,10-11,21H2,2H3/b15-5+,17-16-. The predicted octanol–water partition coefficient (Wildman–Crippen LogP) is -0.0102. The number of aromatic nitrogens is 4. The molecule has 3 heterocycles. The molecule has 0 saturated carbocycles. The van der Waals surface area contributed by atoms with Gasteiger partial charge in [0.25, 0.3) is 5.92 Å². The molecule has 144 valence electrons. The summed E-state index contributed by atoms with van der Waals surface area (Å²) in [6.45, 7) is 4.24. The lowest BCUT2D eigenvalue weighted by Gasteiger charge is -2.29. The lowest BCUT2D eigenvalue weighted by Crippen LogP contribution is -2.45. The van der Waals surface area contributed by atoms with Gasteiger partial charge in [-0.25, -0.2) is 13.8 Å². The summed E-state index contributed by atoms with van der Waals surface area (Å²) < 4.78 is 34.2. The third-order valence-electron chi connectivity index (χ3n) is 4.23. The number of rotatable bonds is 5. The normalized spacial score (nSPS) is 21.0. The quantitative estimate of drug-likeness (QED) is 0.763. The Bertz CT molecular complexity index is 939. The summed E-state index contributed by atoms with van der Waals surface area (Å²) in [4.78, 5) is 8.49. The van der Waals surface area contributed by atoms with Gasteiger partial charge in [0.15, 0.2) is 0 Å². The smallest absolute Gasteiger partial charge is 0.260 e. The summed E-state index contributed by atoms with van der Waals surface area (Å²) >= 11 is 0. The number of nitrogens with zero attached hydrogens (tertiary/aromatic N) is 4. The van der Waals surface area contributed by atoms with Crippen molar-refractivity contribution >= 4 is 17.5 Å². The fourth-order valence-electron chi connectivity index (χ4n) is 2.90. The Morgan fingerprint density at radius 1 is 1.48 bits per heavy atom. The molecule has 0 aromatic carbocycles. The molecule has 0 radical (unpaired) electrons. The van der Waals surface area contributed by atoms with Crippen LogP contribution >= 0.6 is 0 Å². The van der Waals surface area contributed by atoms with Gasteiger partial charge in [-0.15, -0.1) is 0 Å². The van der Waals surface area contributed by atoms with Crippen LogP contribution in [0.25, 0.3) is 17.5 Å². The molecule has 0 amide bonds. The summed E-state index contributed by atoms with van der Waals surface area (Å²) in [6, 6.07) is 0. The van der Waals surface area contributed by atoms with Gasteiger partial charge in [0.1, 0.15) is 5.35 Å². The van der Waals surface area contributed by atoms with Crippen molar-refractivity contribution < 1.29 is 13.5 Å². The molecule has 1 fully saturated rings. The first-order chi connectivity index (χ1) is 12.8. The fourth-order valence-corrected chi connectivity index (χ4v) is 2.90. The van der Waals surface area contributed by atoms with E-state index in [1.54, 1.807) is 17.0 Å². The van der Waals surface area contributed by atoms with E-state index in [1.165, 1.54) is 12.4 Å². The van der Waals surface area contributed by atoms with Crippen LogP contribution in [-0.2, 0) is 11.8 Å². The van der Waals surface area contributed by atoms with E-state index >= 15 is 0 Å². The predicted molar refractivity (Wildman–Crippen MR) is 97.5 cm³/mol. The number of nitrogens with two attached hydrogens (primary N) is 1. The first-order valence-electron chi connectivity index (χ1n) is 8.52. The molecule has 27 heavy (non-hydrogen) atoms. The number of halogens is 2. The summed E-state index contributed by atoms with van der Waals surface area (Å²) in [7, 11) is 1.81. The average molecular weight is 376 g/mol.